The van der Waals surface area contributed by atoms with Gasteiger partial charge in [0.05, 0.1) is 24.5 Å². The number of hydrogen-bond acceptors (Lipinski definition) is 8. The summed E-state index contributed by atoms with van der Waals surface area (Å²) in [5, 5.41) is 22.0. The van der Waals surface area contributed by atoms with E-state index in [1.54, 1.807) is 33.8 Å². The molecule has 1 aromatic carbocycles. The van der Waals surface area contributed by atoms with E-state index in [1.807, 2.05) is 6.92 Å². The van der Waals surface area contributed by atoms with Gasteiger partial charge in [0, 0.05) is 19.1 Å². The van der Waals surface area contributed by atoms with Crippen molar-refractivity contribution in [2.75, 3.05) is 34.0 Å². The molecule has 0 radical (unpaired) electrons. The maximum absolute atomic E-state index is 13.2. The van der Waals surface area contributed by atoms with E-state index < -0.39 is 28.2 Å². The first-order chi connectivity index (χ1) is 16.2. The lowest BCUT2D eigenvalue weighted by Crippen LogP contribution is -2.47. The first kappa shape index (κ1) is 30.2. The second-order valence-corrected chi connectivity index (χ2v) is 10.2. The summed E-state index contributed by atoms with van der Waals surface area (Å²) in [5.74, 6) is -1.60. The summed E-state index contributed by atoms with van der Waals surface area (Å²) >= 11 is 0. The number of methoxy groups -OCH3 is 2. The van der Waals surface area contributed by atoms with E-state index >= 15 is 0 Å². The van der Waals surface area contributed by atoms with Gasteiger partial charge in [-0.25, -0.2) is 0 Å². The second-order valence-electron chi connectivity index (χ2n) is 10.2. The standard InChI is InChI=1S/C26H41NO8/c1-8-25(4,21(30)27-12-11-18-9-10-19(28)20(29)15-18)17-26(5,23(32)34-7)16-24(2,3)22(31)35-14-13-33-6/h9-10,15,28-29H,8,11-14,16-17H2,1-7H3,(H,27,30). The number of nitrogens with one attached hydrogen (secondary N) is 1. The van der Waals surface area contributed by atoms with Crippen LogP contribution >= 0.6 is 0 Å². The van der Waals surface area contributed by atoms with Crippen LogP contribution in [0.5, 0.6) is 11.5 Å². The van der Waals surface area contributed by atoms with E-state index in [1.165, 1.54) is 26.4 Å². The number of amides is 1. The maximum atomic E-state index is 13.2. The summed E-state index contributed by atoms with van der Waals surface area (Å²) in [6, 6.07) is 4.51. The monoisotopic (exact) mass is 495 g/mol. The third-order valence-corrected chi connectivity index (χ3v) is 6.43. The van der Waals surface area contributed by atoms with E-state index in [-0.39, 0.29) is 43.5 Å². The molecule has 9 nitrogen and oxygen atoms in total. The Hall–Kier alpha value is -2.81. The lowest BCUT2D eigenvalue weighted by Gasteiger charge is -2.39. The minimum atomic E-state index is -1.12. The van der Waals surface area contributed by atoms with Crippen LogP contribution < -0.4 is 5.32 Å². The molecule has 0 aromatic heterocycles. The number of benzene rings is 1. The first-order valence-corrected chi connectivity index (χ1v) is 11.8. The average Bonchev–Trinajstić information content (AvgIpc) is 2.80. The number of carbonyl (C=O) groups excluding carboxylic acids is 3. The molecule has 3 N–H and O–H groups in total. The van der Waals surface area contributed by atoms with Crippen molar-refractivity contribution < 1.29 is 38.8 Å². The van der Waals surface area contributed by atoms with Gasteiger partial charge < -0.3 is 29.7 Å². The molecule has 0 heterocycles. The zero-order valence-corrected chi connectivity index (χ0v) is 22.0. The van der Waals surface area contributed by atoms with Crippen LogP contribution in [0.3, 0.4) is 0 Å². The molecular weight excluding hydrogens is 454 g/mol. The second kappa shape index (κ2) is 12.8. The molecule has 0 saturated heterocycles. The molecule has 0 spiro atoms. The third kappa shape index (κ3) is 8.42. The lowest BCUT2D eigenvalue weighted by molar-refractivity contribution is -0.164. The molecule has 35 heavy (non-hydrogen) atoms. The van der Waals surface area contributed by atoms with Crippen LogP contribution in [-0.4, -0.2) is 62.0 Å². The number of ether oxygens (including phenoxy) is 3. The Kier molecular flexibility index (Phi) is 11.0. The fraction of sp³-hybridized carbons (Fsp3) is 0.654. The molecule has 1 rings (SSSR count). The Balaban J connectivity index is 2.97. The van der Waals surface area contributed by atoms with E-state index in [0.29, 0.717) is 19.4 Å². The lowest BCUT2D eigenvalue weighted by atomic mass is 9.64. The van der Waals surface area contributed by atoms with Gasteiger partial charge in [0.1, 0.15) is 6.61 Å². The van der Waals surface area contributed by atoms with Crippen LogP contribution in [0.25, 0.3) is 0 Å². The van der Waals surface area contributed by atoms with Crippen LogP contribution in [0.1, 0.15) is 59.4 Å². The highest BCUT2D eigenvalue weighted by molar-refractivity contribution is 5.85. The van der Waals surface area contributed by atoms with Crippen molar-refractivity contribution in [1.82, 2.24) is 5.32 Å². The van der Waals surface area contributed by atoms with Crippen LogP contribution in [0.2, 0.25) is 0 Å². The number of esters is 2. The van der Waals surface area contributed by atoms with Crippen LogP contribution in [0.4, 0.5) is 0 Å². The molecule has 1 aromatic rings. The summed E-state index contributed by atoms with van der Waals surface area (Å²) in [7, 11) is 2.80. The number of phenols is 2. The molecular formula is C26H41NO8. The van der Waals surface area contributed by atoms with Gasteiger partial charge in [-0.15, -0.1) is 0 Å². The van der Waals surface area contributed by atoms with Crippen LogP contribution in [0, 0.1) is 16.2 Å². The smallest absolute Gasteiger partial charge is 0.311 e. The van der Waals surface area contributed by atoms with Gasteiger partial charge >= 0.3 is 11.9 Å². The molecule has 1 amide bonds. The third-order valence-electron chi connectivity index (χ3n) is 6.43. The quantitative estimate of drug-likeness (QED) is 0.203. The number of hydrogen-bond donors (Lipinski definition) is 3. The highest BCUT2D eigenvalue weighted by Crippen LogP contribution is 2.45. The maximum Gasteiger partial charge on any atom is 0.311 e. The number of phenolic OH excluding ortho intramolecular Hbond substituents is 2. The van der Waals surface area contributed by atoms with Gasteiger partial charge in [-0.1, -0.05) is 19.9 Å². The number of rotatable bonds is 14. The summed E-state index contributed by atoms with van der Waals surface area (Å²) in [5.41, 5.74) is -2.27. The predicted molar refractivity (Wildman–Crippen MR) is 131 cm³/mol. The van der Waals surface area contributed by atoms with Crippen molar-refractivity contribution in [3.63, 3.8) is 0 Å². The Morgan fingerprint density at radius 3 is 2.11 bits per heavy atom. The largest absolute Gasteiger partial charge is 0.504 e. The highest BCUT2D eigenvalue weighted by atomic mass is 16.6. The molecule has 0 aliphatic rings. The van der Waals surface area contributed by atoms with E-state index in [0.717, 1.165) is 5.56 Å². The minimum Gasteiger partial charge on any atom is -0.504 e. The molecule has 0 aliphatic heterocycles. The molecule has 2 unspecified atom stereocenters. The van der Waals surface area contributed by atoms with Crippen LogP contribution in [0.15, 0.2) is 18.2 Å². The number of aromatic hydroxyl groups is 2. The average molecular weight is 496 g/mol. The van der Waals surface area contributed by atoms with Gasteiger partial charge in [0.2, 0.25) is 5.91 Å². The van der Waals surface area contributed by atoms with Crippen molar-refractivity contribution in [2.24, 2.45) is 16.2 Å². The Morgan fingerprint density at radius 2 is 1.57 bits per heavy atom. The molecule has 0 saturated carbocycles. The van der Waals surface area contributed by atoms with Gasteiger partial charge in [-0.2, -0.15) is 0 Å². The SMILES string of the molecule is CCC(C)(CC(C)(CC(C)(C)C(=O)OCCOC)C(=O)OC)C(=O)NCCc1ccc(O)c(O)c1. The molecule has 0 bridgehead atoms. The fourth-order valence-corrected chi connectivity index (χ4v) is 4.40. The van der Waals surface area contributed by atoms with Crippen molar-refractivity contribution >= 4 is 17.8 Å². The van der Waals surface area contributed by atoms with Gasteiger partial charge in [-0.3, -0.25) is 14.4 Å². The van der Waals surface area contributed by atoms with Crippen molar-refractivity contribution in [3.05, 3.63) is 23.8 Å². The van der Waals surface area contributed by atoms with Gasteiger partial charge in [-0.05, 0) is 64.2 Å². The Labute approximate surface area is 208 Å². The fourth-order valence-electron chi connectivity index (χ4n) is 4.40. The Morgan fingerprint density at radius 1 is 0.914 bits per heavy atom. The Bertz CT molecular complexity index is 884. The van der Waals surface area contributed by atoms with Crippen LogP contribution in [-0.2, 0) is 35.0 Å². The topological polar surface area (TPSA) is 131 Å². The van der Waals surface area contributed by atoms with Crippen molar-refractivity contribution in [3.8, 4) is 11.5 Å². The minimum absolute atomic E-state index is 0.113. The highest BCUT2D eigenvalue weighted by Gasteiger charge is 2.49. The summed E-state index contributed by atoms with van der Waals surface area (Å²) in [4.78, 5) is 38.8. The van der Waals surface area contributed by atoms with Gasteiger partial charge in [0.25, 0.3) is 0 Å². The normalized spacial score (nSPS) is 14.9. The van der Waals surface area contributed by atoms with E-state index in [9.17, 15) is 24.6 Å². The molecule has 0 aliphatic carbocycles. The molecule has 198 valence electrons. The van der Waals surface area contributed by atoms with Gasteiger partial charge in [0.15, 0.2) is 11.5 Å². The zero-order valence-electron chi connectivity index (χ0n) is 22.0. The summed E-state index contributed by atoms with van der Waals surface area (Å²) < 4.78 is 15.3. The number of carbonyl (C=O) groups is 3. The van der Waals surface area contributed by atoms with Crippen molar-refractivity contribution in [2.45, 2.75) is 60.3 Å². The first-order valence-electron chi connectivity index (χ1n) is 11.8. The summed E-state index contributed by atoms with van der Waals surface area (Å²) in [6.45, 7) is 9.49. The summed E-state index contributed by atoms with van der Waals surface area (Å²) in [6.07, 6.45) is 1.22. The van der Waals surface area contributed by atoms with E-state index in [4.69, 9.17) is 14.2 Å². The zero-order chi connectivity index (χ0) is 26.9. The predicted octanol–water partition coefficient (Wildman–Crippen LogP) is 3.35. The van der Waals surface area contributed by atoms with E-state index in [2.05, 4.69) is 5.32 Å². The molecule has 2 atom stereocenters. The van der Waals surface area contributed by atoms with Crippen molar-refractivity contribution in [1.29, 1.82) is 0 Å². The molecule has 0 fully saturated rings. The molecule has 9 heteroatoms.